The molecular formula is C24H27N5O3. The van der Waals surface area contributed by atoms with E-state index in [0.717, 1.165) is 52.8 Å². The summed E-state index contributed by atoms with van der Waals surface area (Å²) in [5.74, 6) is 2.43. The molecule has 4 aromatic rings. The zero-order chi connectivity index (χ0) is 22.4. The fourth-order valence-electron chi connectivity index (χ4n) is 4.90. The van der Waals surface area contributed by atoms with E-state index in [-0.39, 0.29) is 17.6 Å². The van der Waals surface area contributed by atoms with Crippen molar-refractivity contribution in [2.24, 2.45) is 5.92 Å². The number of imidazole rings is 1. The van der Waals surface area contributed by atoms with Crippen LogP contribution in [0, 0.1) is 12.8 Å². The van der Waals surface area contributed by atoms with Crippen LogP contribution in [0.2, 0.25) is 0 Å². The molecule has 1 saturated heterocycles. The van der Waals surface area contributed by atoms with Gasteiger partial charge < -0.3 is 19.4 Å². The van der Waals surface area contributed by atoms with Crippen molar-refractivity contribution in [1.82, 2.24) is 19.5 Å². The van der Waals surface area contributed by atoms with Crippen molar-refractivity contribution in [2.75, 3.05) is 32.2 Å². The minimum Gasteiger partial charge on any atom is -0.493 e. The Morgan fingerprint density at radius 2 is 1.88 bits per heavy atom. The third-order valence-corrected chi connectivity index (χ3v) is 6.48. The van der Waals surface area contributed by atoms with Crippen molar-refractivity contribution in [3.63, 3.8) is 0 Å². The standard InChI is InChI=1S/C24H27N5O3/c1-14-5-6-20-18(9-14)27-24(30)29(20)19-7-8-28(12-15(19)2)23-16-10-21(31-3)22(32-4)11-17(16)25-13-26-23/h5-6,9-11,13,15,19H,7-8,12H2,1-4H3,(H,27,30). The monoisotopic (exact) mass is 433 g/mol. The summed E-state index contributed by atoms with van der Waals surface area (Å²) in [6.45, 7) is 5.81. The summed E-state index contributed by atoms with van der Waals surface area (Å²) in [5.41, 5.74) is 3.77. The molecule has 1 fully saturated rings. The lowest BCUT2D eigenvalue weighted by Crippen LogP contribution is -2.42. The number of ether oxygens (including phenoxy) is 2. The maximum Gasteiger partial charge on any atom is 0.326 e. The molecule has 32 heavy (non-hydrogen) atoms. The van der Waals surface area contributed by atoms with Gasteiger partial charge in [-0.2, -0.15) is 0 Å². The minimum atomic E-state index is -0.0415. The Morgan fingerprint density at radius 3 is 2.62 bits per heavy atom. The Bertz CT molecular complexity index is 1360. The normalized spacial score (nSPS) is 18.9. The fraction of sp³-hybridized carbons (Fsp3) is 0.375. The Morgan fingerprint density at radius 1 is 1.09 bits per heavy atom. The fourth-order valence-corrected chi connectivity index (χ4v) is 4.90. The zero-order valence-corrected chi connectivity index (χ0v) is 18.8. The summed E-state index contributed by atoms with van der Waals surface area (Å²) >= 11 is 0. The molecule has 2 unspecified atom stereocenters. The average Bonchev–Trinajstić information content (AvgIpc) is 3.12. The van der Waals surface area contributed by atoms with Gasteiger partial charge in [0.1, 0.15) is 12.1 Å². The third kappa shape index (κ3) is 3.26. The van der Waals surface area contributed by atoms with Crippen LogP contribution in [0.1, 0.15) is 24.9 Å². The number of fused-ring (bicyclic) bond motifs is 2. The molecule has 0 radical (unpaired) electrons. The average molecular weight is 434 g/mol. The molecule has 0 amide bonds. The lowest BCUT2D eigenvalue weighted by atomic mass is 9.93. The highest BCUT2D eigenvalue weighted by Crippen LogP contribution is 2.37. The highest BCUT2D eigenvalue weighted by atomic mass is 16.5. The molecule has 3 heterocycles. The van der Waals surface area contributed by atoms with Gasteiger partial charge in [0, 0.05) is 30.6 Å². The molecule has 1 aliphatic heterocycles. The van der Waals surface area contributed by atoms with E-state index in [9.17, 15) is 4.79 Å². The largest absolute Gasteiger partial charge is 0.493 e. The van der Waals surface area contributed by atoms with E-state index in [1.54, 1.807) is 20.5 Å². The lowest BCUT2D eigenvalue weighted by molar-refractivity contribution is 0.297. The molecular weight excluding hydrogens is 406 g/mol. The van der Waals surface area contributed by atoms with Crippen LogP contribution in [0.15, 0.2) is 41.5 Å². The maximum atomic E-state index is 12.8. The number of aryl methyl sites for hydroxylation is 1. The number of H-pyrrole nitrogens is 1. The Balaban J connectivity index is 1.48. The van der Waals surface area contributed by atoms with Gasteiger partial charge in [-0.3, -0.25) is 4.57 Å². The van der Waals surface area contributed by atoms with Crippen molar-refractivity contribution < 1.29 is 9.47 Å². The molecule has 8 heteroatoms. The molecule has 8 nitrogen and oxygen atoms in total. The van der Waals surface area contributed by atoms with E-state index in [1.165, 1.54) is 0 Å². The molecule has 0 bridgehead atoms. The van der Waals surface area contributed by atoms with E-state index < -0.39 is 0 Å². The van der Waals surface area contributed by atoms with E-state index in [0.29, 0.717) is 11.5 Å². The predicted octanol–water partition coefficient (Wildman–Crippen LogP) is 3.69. The van der Waals surface area contributed by atoms with Gasteiger partial charge in [0.2, 0.25) is 0 Å². The van der Waals surface area contributed by atoms with Gasteiger partial charge in [0.25, 0.3) is 0 Å². The van der Waals surface area contributed by atoms with Gasteiger partial charge in [-0.05, 0) is 43.0 Å². The number of piperidine rings is 1. The van der Waals surface area contributed by atoms with Gasteiger partial charge >= 0.3 is 5.69 Å². The summed E-state index contributed by atoms with van der Waals surface area (Å²) in [6.07, 6.45) is 2.44. The number of hydrogen-bond acceptors (Lipinski definition) is 6. The molecule has 166 valence electrons. The summed E-state index contributed by atoms with van der Waals surface area (Å²) in [5, 5.41) is 0.926. The predicted molar refractivity (Wildman–Crippen MR) is 125 cm³/mol. The van der Waals surface area contributed by atoms with Crippen LogP contribution in [0.25, 0.3) is 21.9 Å². The van der Waals surface area contributed by atoms with E-state index in [2.05, 4.69) is 32.8 Å². The van der Waals surface area contributed by atoms with E-state index in [1.807, 2.05) is 35.8 Å². The van der Waals surface area contributed by atoms with Crippen molar-refractivity contribution in [3.05, 3.63) is 52.7 Å². The number of rotatable bonds is 4. The lowest BCUT2D eigenvalue weighted by Gasteiger charge is -2.38. The maximum absolute atomic E-state index is 12.8. The van der Waals surface area contributed by atoms with Crippen LogP contribution in [0.4, 0.5) is 5.82 Å². The molecule has 0 saturated carbocycles. The van der Waals surface area contributed by atoms with E-state index >= 15 is 0 Å². The highest BCUT2D eigenvalue weighted by Gasteiger charge is 2.31. The summed E-state index contributed by atoms with van der Waals surface area (Å²) < 4.78 is 12.9. The summed E-state index contributed by atoms with van der Waals surface area (Å²) in [6, 6.07) is 10.1. The van der Waals surface area contributed by atoms with Crippen LogP contribution < -0.4 is 20.1 Å². The van der Waals surface area contributed by atoms with Crippen LogP contribution >= 0.6 is 0 Å². The Labute approximate surface area is 185 Å². The number of nitrogens with zero attached hydrogens (tertiary/aromatic N) is 4. The van der Waals surface area contributed by atoms with E-state index in [4.69, 9.17) is 9.47 Å². The molecule has 1 aliphatic rings. The second kappa shape index (κ2) is 7.85. The number of nitrogens with one attached hydrogen (secondary N) is 1. The molecule has 2 aromatic carbocycles. The summed E-state index contributed by atoms with van der Waals surface area (Å²) in [4.78, 5) is 27.1. The molecule has 2 aromatic heterocycles. The molecule has 5 rings (SSSR count). The molecule has 2 atom stereocenters. The number of benzene rings is 2. The SMILES string of the molecule is COc1cc2ncnc(N3CCC(n4c(=O)[nH]c5cc(C)ccc54)C(C)C3)c2cc1OC. The van der Waals surface area contributed by atoms with Gasteiger partial charge in [-0.1, -0.05) is 13.0 Å². The van der Waals surface area contributed by atoms with Gasteiger partial charge in [0.05, 0.1) is 30.8 Å². The van der Waals surface area contributed by atoms with Crippen molar-refractivity contribution >= 4 is 27.8 Å². The van der Waals surface area contributed by atoms with Crippen molar-refractivity contribution in [2.45, 2.75) is 26.3 Å². The Hall–Kier alpha value is -3.55. The Kier molecular flexibility index (Phi) is 5.00. The minimum absolute atomic E-state index is 0.0415. The van der Waals surface area contributed by atoms with Gasteiger partial charge in [-0.15, -0.1) is 0 Å². The molecule has 0 aliphatic carbocycles. The van der Waals surface area contributed by atoms with Crippen molar-refractivity contribution in [1.29, 1.82) is 0 Å². The second-order valence-corrected chi connectivity index (χ2v) is 8.52. The first-order valence-electron chi connectivity index (χ1n) is 10.8. The summed E-state index contributed by atoms with van der Waals surface area (Å²) in [7, 11) is 3.24. The molecule has 0 spiro atoms. The zero-order valence-electron chi connectivity index (χ0n) is 18.8. The first kappa shape index (κ1) is 20.4. The number of anilines is 1. The van der Waals surface area contributed by atoms with Crippen LogP contribution in [0.3, 0.4) is 0 Å². The number of hydrogen-bond donors (Lipinski definition) is 1. The van der Waals surface area contributed by atoms with Crippen molar-refractivity contribution in [3.8, 4) is 11.5 Å². The first-order valence-corrected chi connectivity index (χ1v) is 10.8. The quantitative estimate of drug-likeness (QED) is 0.528. The third-order valence-electron chi connectivity index (χ3n) is 6.48. The number of methoxy groups -OCH3 is 2. The second-order valence-electron chi connectivity index (χ2n) is 8.52. The first-order chi connectivity index (χ1) is 15.5. The molecule has 1 N–H and O–H groups in total. The topological polar surface area (TPSA) is 85.3 Å². The number of aromatic amines is 1. The number of aromatic nitrogens is 4. The van der Waals surface area contributed by atoms with Crippen LogP contribution in [0.5, 0.6) is 11.5 Å². The van der Waals surface area contributed by atoms with Gasteiger partial charge in [0.15, 0.2) is 11.5 Å². The van der Waals surface area contributed by atoms with Crippen LogP contribution in [-0.4, -0.2) is 46.8 Å². The van der Waals surface area contributed by atoms with Crippen LogP contribution in [-0.2, 0) is 0 Å². The smallest absolute Gasteiger partial charge is 0.326 e. The van der Waals surface area contributed by atoms with Gasteiger partial charge in [-0.25, -0.2) is 14.8 Å². The highest BCUT2D eigenvalue weighted by molar-refractivity contribution is 5.92.